The molecule has 1 heterocycles. The van der Waals surface area contributed by atoms with Crippen LogP contribution in [0.2, 0.25) is 0 Å². The molecule has 12 nitrogen and oxygen atoms in total. The molecule has 0 radical (unpaired) electrons. The zero-order chi connectivity index (χ0) is 46.8. The predicted octanol–water partition coefficient (Wildman–Crippen LogP) is 10.6. The number of aliphatic hydroxyl groups is 3. The van der Waals surface area contributed by atoms with E-state index in [0.29, 0.717) is 13.0 Å². The molecule has 0 aromatic rings. The van der Waals surface area contributed by atoms with E-state index in [1.54, 1.807) is 0 Å². The zero-order valence-electron chi connectivity index (χ0n) is 39.0. The summed E-state index contributed by atoms with van der Waals surface area (Å²) in [6.45, 7) is 3.68. The molecule has 0 bridgehead atoms. The van der Waals surface area contributed by atoms with Crippen molar-refractivity contribution in [3.63, 3.8) is 0 Å². The summed E-state index contributed by atoms with van der Waals surface area (Å²) in [7, 11) is -5.07. The molecule has 1 rings (SSSR count). The van der Waals surface area contributed by atoms with Crippen molar-refractivity contribution in [1.82, 2.24) is 0 Å². The standard InChI is InChI=1S/C51H84O12S/c1-3-5-7-9-11-13-15-17-18-19-20-21-22-23-24-25-26-27-29-31-33-35-37-39-41-59-43-45(44-60-51-49(55)50(63-64(56,57)58)48(54)46(42-52)62-51)61-47(53)40-38-36-34-32-30-28-16-14-12-10-8-6-4-2/h5-8,11-14,17-18,20-21,23-24,28,30,45-46,48-52,54-55H,3-4,9-10,15-16,19,22,25-27,29,31-44H2,1-2H3,(H,56,57,58)/b7-5-,8-6-,13-11-,14-12-,18-17-,21-20-,24-23-,30-28-. The van der Waals surface area contributed by atoms with Gasteiger partial charge in [0.15, 0.2) is 6.29 Å². The highest BCUT2D eigenvalue weighted by Crippen LogP contribution is 2.26. The average molecular weight is 921 g/mol. The van der Waals surface area contributed by atoms with E-state index in [4.69, 9.17) is 23.5 Å². The second-order valence-electron chi connectivity index (χ2n) is 15.9. The van der Waals surface area contributed by atoms with Crippen LogP contribution in [-0.4, -0.2) is 97.5 Å². The fourth-order valence-electron chi connectivity index (χ4n) is 6.65. The van der Waals surface area contributed by atoms with Gasteiger partial charge in [-0.05, 0) is 89.9 Å². The Morgan fingerprint density at radius 3 is 1.50 bits per heavy atom. The quantitative estimate of drug-likeness (QED) is 0.0198. The maximum atomic E-state index is 12.8. The third kappa shape index (κ3) is 34.4. The van der Waals surface area contributed by atoms with Crippen molar-refractivity contribution in [3.05, 3.63) is 97.2 Å². The fraction of sp³-hybridized carbons (Fsp3) is 0.667. The van der Waals surface area contributed by atoms with E-state index in [-0.39, 0.29) is 19.6 Å². The Morgan fingerprint density at radius 1 is 0.594 bits per heavy atom. The van der Waals surface area contributed by atoms with Gasteiger partial charge in [-0.25, -0.2) is 4.18 Å². The largest absolute Gasteiger partial charge is 0.457 e. The molecule has 64 heavy (non-hydrogen) atoms. The van der Waals surface area contributed by atoms with E-state index >= 15 is 0 Å². The van der Waals surface area contributed by atoms with Crippen LogP contribution in [0.15, 0.2) is 97.2 Å². The maximum Gasteiger partial charge on any atom is 0.397 e. The number of hydrogen-bond donors (Lipinski definition) is 4. The summed E-state index contributed by atoms with van der Waals surface area (Å²) < 4.78 is 59.1. The van der Waals surface area contributed by atoms with Gasteiger partial charge in [0.2, 0.25) is 0 Å². The highest BCUT2D eigenvalue weighted by atomic mass is 32.3. The normalized spacial score (nSPS) is 20.6. The summed E-state index contributed by atoms with van der Waals surface area (Å²) in [5, 5.41) is 30.7. The number of ether oxygens (including phenoxy) is 4. The van der Waals surface area contributed by atoms with Crippen molar-refractivity contribution >= 4 is 16.4 Å². The van der Waals surface area contributed by atoms with Crippen LogP contribution in [0, 0.1) is 0 Å². The zero-order valence-corrected chi connectivity index (χ0v) is 39.9. The molecule has 0 aliphatic carbocycles. The number of unbranched alkanes of at least 4 members (excludes halogenated alkanes) is 11. The Bertz CT molecular complexity index is 1480. The van der Waals surface area contributed by atoms with Crippen LogP contribution >= 0.6 is 0 Å². The Labute approximate surface area is 386 Å². The van der Waals surface area contributed by atoms with E-state index in [1.165, 1.54) is 25.7 Å². The summed E-state index contributed by atoms with van der Waals surface area (Å²) in [6.07, 6.45) is 47.3. The molecule has 1 saturated heterocycles. The lowest BCUT2D eigenvalue weighted by atomic mass is 9.99. The minimum atomic E-state index is -5.07. The first-order chi connectivity index (χ1) is 31.1. The molecule has 0 aromatic heterocycles. The number of allylic oxidation sites excluding steroid dienone is 16. The Morgan fingerprint density at radius 2 is 1.03 bits per heavy atom. The van der Waals surface area contributed by atoms with Gasteiger partial charge in [0.25, 0.3) is 0 Å². The van der Waals surface area contributed by atoms with Crippen molar-refractivity contribution in [2.75, 3.05) is 26.4 Å². The lowest BCUT2D eigenvalue weighted by Crippen LogP contribution is -2.60. The first-order valence-electron chi connectivity index (χ1n) is 24.0. The van der Waals surface area contributed by atoms with Crippen LogP contribution in [0.25, 0.3) is 0 Å². The van der Waals surface area contributed by atoms with Gasteiger partial charge < -0.3 is 34.3 Å². The third-order valence-corrected chi connectivity index (χ3v) is 10.7. The van der Waals surface area contributed by atoms with Crippen molar-refractivity contribution in [2.45, 2.75) is 192 Å². The number of carbonyl (C=O) groups is 1. The van der Waals surface area contributed by atoms with Crippen LogP contribution in [0.3, 0.4) is 0 Å². The molecular formula is C51H84O12S. The molecule has 0 amide bonds. The smallest absolute Gasteiger partial charge is 0.397 e. The summed E-state index contributed by atoms with van der Waals surface area (Å²) >= 11 is 0. The molecule has 6 unspecified atom stereocenters. The van der Waals surface area contributed by atoms with Gasteiger partial charge in [-0.15, -0.1) is 0 Å². The summed E-state index contributed by atoms with van der Waals surface area (Å²) in [4.78, 5) is 12.8. The second kappa shape index (κ2) is 41.5. The van der Waals surface area contributed by atoms with Gasteiger partial charge in [0, 0.05) is 13.0 Å². The minimum Gasteiger partial charge on any atom is -0.457 e. The number of esters is 1. The number of aliphatic hydroxyl groups excluding tert-OH is 3. The Kier molecular flexibility index (Phi) is 38.2. The molecule has 13 heteroatoms. The van der Waals surface area contributed by atoms with E-state index < -0.39 is 59.8 Å². The predicted molar refractivity (Wildman–Crippen MR) is 257 cm³/mol. The lowest BCUT2D eigenvalue weighted by Gasteiger charge is -2.41. The van der Waals surface area contributed by atoms with Crippen LogP contribution in [-0.2, 0) is 38.3 Å². The molecule has 1 fully saturated rings. The number of hydrogen-bond acceptors (Lipinski definition) is 11. The molecule has 0 aromatic carbocycles. The van der Waals surface area contributed by atoms with Crippen molar-refractivity contribution in [1.29, 1.82) is 0 Å². The van der Waals surface area contributed by atoms with Gasteiger partial charge in [-0.2, -0.15) is 8.42 Å². The molecule has 366 valence electrons. The topological polar surface area (TPSA) is 178 Å². The average Bonchev–Trinajstić information content (AvgIpc) is 3.27. The molecular weight excluding hydrogens is 837 g/mol. The van der Waals surface area contributed by atoms with Crippen molar-refractivity contribution in [2.24, 2.45) is 0 Å². The highest BCUT2D eigenvalue weighted by Gasteiger charge is 2.48. The highest BCUT2D eigenvalue weighted by molar-refractivity contribution is 7.80. The van der Waals surface area contributed by atoms with Crippen molar-refractivity contribution in [3.8, 4) is 0 Å². The van der Waals surface area contributed by atoms with E-state index in [9.17, 15) is 28.5 Å². The fourth-order valence-corrected chi connectivity index (χ4v) is 7.16. The first-order valence-corrected chi connectivity index (χ1v) is 25.4. The Balaban J connectivity index is 2.38. The number of carbonyl (C=O) groups excluding carboxylic acids is 1. The number of rotatable bonds is 40. The molecule has 4 N–H and O–H groups in total. The van der Waals surface area contributed by atoms with Gasteiger partial charge in [0.05, 0.1) is 19.8 Å². The van der Waals surface area contributed by atoms with Crippen molar-refractivity contribution < 1.29 is 56.2 Å². The van der Waals surface area contributed by atoms with Gasteiger partial charge >= 0.3 is 16.4 Å². The van der Waals surface area contributed by atoms with Gasteiger partial charge in [-0.1, -0.05) is 156 Å². The summed E-state index contributed by atoms with van der Waals surface area (Å²) in [5.74, 6) is -0.436. The molecule has 0 saturated carbocycles. The molecule has 1 aliphatic rings. The second-order valence-corrected chi connectivity index (χ2v) is 17.0. The van der Waals surface area contributed by atoms with Gasteiger partial charge in [0.1, 0.15) is 30.5 Å². The van der Waals surface area contributed by atoms with Crippen LogP contribution in [0.1, 0.15) is 155 Å². The Hall–Kier alpha value is -2.98. The molecule has 1 aliphatic heterocycles. The summed E-state index contributed by atoms with van der Waals surface area (Å²) in [5.41, 5.74) is 0. The SMILES string of the molecule is CC/C=C\C/C=C\C/C=C\C/C=C\C/C=C\CCCCCCCCCCOCC(COC1OC(CO)C(O)C(OS(=O)(=O)O)C1O)OC(=O)CCCCC/C=C\C/C=C\C/C=C\CC. The molecule has 0 spiro atoms. The summed E-state index contributed by atoms with van der Waals surface area (Å²) in [6, 6.07) is 0. The van der Waals surface area contributed by atoms with Crippen LogP contribution < -0.4 is 0 Å². The van der Waals surface area contributed by atoms with E-state index in [1.807, 2.05) is 0 Å². The minimum absolute atomic E-state index is 0.0115. The first kappa shape index (κ1) is 59.0. The van der Waals surface area contributed by atoms with E-state index in [2.05, 4.69) is 115 Å². The monoisotopic (exact) mass is 921 g/mol. The lowest BCUT2D eigenvalue weighted by molar-refractivity contribution is -0.301. The van der Waals surface area contributed by atoms with Gasteiger partial charge in [-0.3, -0.25) is 9.35 Å². The van der Waals surface area contributed by atoms with Crippen LogP contribution in [0.4, 0.5) is 0 Å². The van der Waals surface area contributed by atoms with E-state index in [0.717, 1.165) is 103 Å². The molecule has 6 atom stereocenters. The maximum absolute atomic E-state index is 12.8. The van der Waals surface area contributed by atoms with Crippen LogP contribution in [0.5, 0.6) is 0 Å². The third-order valence-electron chi connectivity index (χ3n) is 10.2.